The number of nitrogens with zero attached hydrogens (tertiary/aromatic N) is 4. The Labute approximate surface area is 149 Å². The number of pyridine rings is 1. The molecule has 2 aromatic rings. The Morgan fingerprint density at radius 2 is 2.20 bits per heavy atom. The van der Waals surface area contributed by atoms with Gasteiger partial charge in [0.1, 0.15) is 5.69 Å². The maximum absolute atomic E-state index is 5.54. The van der Waals surface area contributed by atoms with Gasteiger partial charge in [-0.15, -0.1) is 5.10 Å². The predicted octanol–water partition coefficient (Wildman–Crippen LogP) is 2.93. The molecule has 0 radical (unpaired) electrons. The average Bonchev–Trinajstić information content (AvgIpc) is 3.22. The summed E-state index contributed by atoms with van der Waals surface area (Å²) in [5.74, 6) is 0.825. The zero-order valence-electron chi connectivity index (χ0n) is 15.4. The Morgan fingerprint density at radius 3 is 3.00 bits per heavy atom. The standard InChI is InChI=1S/C19H29N5O/c1-4-13-25-14-12-23(3)11-10-21-19-18(20-2)17-9-8-15-6-5-7-16(15)24(17)22-19/h8-9H,2,4-7,10-14H2,1,3H3,(H,21,22). The summed E-state index contributed by atoms with van der Waals surface area (Å²) in [6, 6.07) is 4.32. The zero-order valence-corrected chi connectivity index (χ0v) is 15.4. The molecule has 136 valence electrons. The summed E-state index contributed by atoms with van der Waals surface area (Å²) >= 11 is 0. The SMILES string of the molecule is C=Nc1c(NCCN(C)CCOCCC)nn2c3c(ccc12)CCC3. The molecule has 0 bridgehead atoms. The Morgan fingerprint density at radius 1 is 1.32 bits per heavy atom. The van der Waals surface area contributed by atoms with E-state index in [0.29, 0.717) is 0 Å². The highest BCUT2D eigenvalue weighted by atomic mass is 16.5. The van der Waals surface area contributed by atoms with Crippen LogP contribution in [0.1, 0.15) is 31.0 Å². The molecule has 0 fully saturated rings. The maximum atomic E-state index is 5.54. The molecule has 0 aliphatic heterocycles. The molecule has 3 rings (SSSR count). The maximum Gasteiger partial charge on any atom is 0.175 e. The normalized spacial score (nSPS) is 13.6. The smallest absolute Gasteiger partial charge is 0.175 e. The average molecular weight is 343 g/mol. The lowest BCUT2D eigenvalue weighted by molar-refractivity contribution is 0.113. The van der Waals surface area contributed by atoms with Gasteiger partial charge in [-0.05, 0) is 51.1 Å². The van der Waals surface area contributed by atoms with Crippen molar-refractivity contribution in [2.45, 2.75) is 32.6 Å². The van der Waals surface area contributed by atoms with E-state index in [4.69, 9.17) is 9.84 Å². The number of aliphatic imine (C=N–C) groups is 1. The fourth-order valence-electron chi connectivity index (χ4n) is 3.35. The summed E-state index contributed by atoms with van der Waals surface area (Å²) in [6.45, 7) is 10.2. The summed E-state index contributed by atoms with van der Waals surface area (Å²) in [7, 11) is 2.11. The minimum Gasteiger partial charge on any atom is -0.380 e. The summed E-state index contributed by atoms with van der Waals surface area (Å²) in [5, 5.41) is 8.20. The van der Waals surface area contributed by atoms with E-state index in [-0.39, 0.29) is 0 Å². The van der Waals surface area contributed by atoms with Crippen LogP contribution in [0, 0.1) is 0 Å². The lowest BCUT2D eigenvalue weighted by Crippen LogP contribution is -2.28. The van der Waals surface area contributed by atoms with E-state index < -0.39 is 0 Å². The number of likely N-dealkylation sites (N-methyl/N-ethyl adjacent to an activating group) is 1. The molecule has 6 heteroatoms. The molecular weight excluding hydrogens is 314 g/mol. The number of nitrogens with one attached hydrogen (secondary N) is 1. The second kappa shape index (κ2) is 8.45. The minimum atomic E-state index is 0.782. The molecule has 0 spiro atoms. The molecular formula is C19H29N5O. The van der Waals surface area contributed by atoms with Crippen LogP contribution in [0.3, 0.4) is 0 Å². The molecule has 1 aliphatic carbocycles. The van der Waals surface area contributed by atoms with Gasteiger partial charge in [0.25, 0.3) is 0 Å². The largest absolute Gasteiger partial charge is 0.380 e. The second-order valence-electron chi connectivity index (χ2n) is 6.65. The van der Waals surface area contributed by atoms with E-state index in [9.17, 15) is 0 Å². The van der Waals surface area contributed by atoms with Gasteiger partial charge in [0.15, 0.2) is 5.82 Å². The molecule has 1 N–H and O–H groups in total. The number of hydrogen-bond acceptors (Lipinski definition) is 5. The fourth-order valence-corrected chi connectivity index (χ4v) is 3.35. The summed E-state index contributed by atoms with van der Waals surface area (Å²) in [6.07, 6.45) is 4.51. The zero-order chi connectivity index (χ0) is 17.6. The van der Waals surface area contributed by atoms with Crippen LogP contribution in [-0.2, 0) is 17.6 Å². The summed E-state index contributed by atoms with van der Waals surface area (Å²) < 4.78 is 7.59. The minimum absolute atomic E-state index is 0.782. The van der Waals surface area contributed by atoms with E-state index in [1.165, 1.54) is 17.7 Å². The second-order valence-corrected chi connectivity index (χ2v) is 6.65. The summed E-state index contributed by atoms with van der Waals surface area (Å²) in [5.41, 5.74) is 4.62. The highest BCUT2D eigenvalue weighted by molar-refractivity contribution is 5.82. The molecule has 0 saturated heterocycles. The van der Waals surface area contributed by atoms with Crippen molar-refractivity contribution in [3.05, 3.63) is 23.4 Å². The summed E-state index contributed by atoms with van der Waals surface area (Å²) in [4.78, 5) is 6.48. The molecule has 2 heterocycles. The monoisotopic (exact) mass is 343 g/mol. The number of hydrogen-bond donors (Lipinski definition) is 1. The highest BCUT2D eigenvalue weighted by Crippen LogP contribution is 2.33. The van der Waals surface area contributed by atoms with Crippen molar-refractivity contribution >= 4 is 23.7 Å². The van der Waals surface area contributed by atoms with Crippen molar-refractivity contribution in [3.63, 3.8) is 0 Å². The number of rotatable bonds is 10. The van der Waals surface area contributed by atoms with Crippen LogP contribution in [0.2, 0.25) is 0 Å². The lowest BCUT2D eigenvalue weighted by atomic mass is 10.2. The van der Waals surface area contributed by atoms with Crippen molar-refractivity contribution < 1.29 is 4.74 Å². The molecule has 0 aromatic carbocycles. The van der Waals surface area contributed by atoms with E-state index in [0.717, 1.165) is 69.1 Å². The van der Waals surface area contributed by atoms with Crippen LogP contribution in [0.25, 0.3) is 5.52 Å². The van der Waals surface area contributed by atoms with Gasteiger partial charge in [-0.3, -0.25) is 4.99 Å². The quantitative estimate of drug-likeness (QED) is 0.532. The van der Waals surface area contributed by atoms with Crippen molar-refractivity contribution in [1.29, 1.82) is 0 Å². The third-order valence-electron chi connectivity index (χ3n) is 4.73. The van der Waals surface area contributed by atoms with Crippen LogP contribution in [0.4, 0.5) is 11.5 Å². The van der Waals surface area contributed by atoms with Gasteiger partial charge in [0, 0.05) is 31.9 Å². The molecule has 2 aromatic heterocycles. The van der Waals surface area contributed by atoms with E-state index in [2.05, 4.69) is 52.5 Å². The van der Waals surface area contributed by atoms with Crippen molar-refractivity contribution in [3.8, 4) is 0 Å². The van der Waals surface area contributed by atoms with Gasteiger partial charge in [-0.1, -0.05) is 13.0 Å². The van der Waals surface area contributed by atoms with Gasteiger partial charge in [0.05, 0.1) is 12.1 Å². The van der Waals surface area contributed by atoms with E-state index >= 15 is 0 Å². The Hall–Kier alpha value is -1.92. The lowest BCUT2D eigenvalue weighted by Gasteiger charge is -2.16. The van der Waals surface area contributed by atoms with Crippen LogP contribution < -0.4 is 5.32 Å². The number of aromatic nitrogens is 2. The Bertz CT molecular complexity index is 724. The first-order chi connectivity index (χ1) is 12.2. The van der Waals surface area contributed by atoms with Gasteiger partial charge >= 0.3 is 0 Å². The molecule has 1 aliphatic rings. The molecule has 0 unspecified atom stereocenters. The number of aryl methyl sites for hydroxylation is 2. The van der Waals surface area contributed by atoms with Crippen molar-refractivity contribution in [2.24, 2.45) is 4.99 Å². The van der Waals surface area contributed by atoms with Crippen LogP contribution >= 0.6 is 0 Å². The van der Waals surface area contributed by atoms with Crippen LogP contribution in [-0.4, -0.2) is 61.1 Å². The first-order valence-electron chi connectivity index (χ1n) is 9.25. The highest BCUT2D eigenvalue weighted by Gasteiger charge is 2.19. The third kappa shape index (κ3) is 4.02. The molecule has 0 saturated carbocycles. The van der Waals surface area contributed by atoms with Crippen LogP contribution in [0.5, 0.6) is 0 Å². The fraction of sp³-hybridized carbons (Fsp3) is 0.579. The topological polar surface area (TPSA) is 54.2 Å². The van der Waals surface area contributed by atoms with E-state index in [1.807, 2.05) is 0 Å². The van der Waals surface area contributed by atoms with Crippen molar-refractivity contribution in [2.75, 3.05) is 45.2 Å². The molecule has 0 atom stereocenters. The molecule has 0 amide bonds. The number of anilines is 1. The van der Waals surface area contributed by atoms with Gasteiger partial charge < -0.3 is 15.0 Å². The molecule has 6 nitrogen and oxygen atoms in total. The van der Waals surface area contributed by atoms with Gasteiger partial charge in [0.2, 0.25) is 0 Å². The first-order valence-corrected chi connectivity index (χ1v) is 9.25. The van der Waals surface area contributed by atoms with Gasteiger partial charge in [-0.25, -0.2) is 4.52 Å². The van der Waals surface area contributed by atoms with E-state index in [1.54, 1.807) is 0 Å². The Balaban J connectivity index is 1.61. The first kappa shape index (κ1) is 17.9. The number of ether oxygens (including phenoxy) is 1. The number of fused-ring (bicyclic) bond motifs is 3. The van der Waals surface area contributed by atoms with Gasteiger partial charge in [-0.2, -0.15) is 0 Å². The van der Waals surface area contributed by atoms with Crippen LogP contribution in [0.15, 0.2) is 17.1 Å². The van der Waals surface area contributed by atoms with Crippen molar-refractivity contribution in [1.82, 2.24) is 14.5 Å². The Kier molecular flexibility index (Phi) is 6.04. The molecule has 25 heavy (non-hydrogen) atoms. The predicted molar refractivity (Wildman–Crippen MR) is 104 cm³/mol. The third-order valence-corrected chi connectivity index (χ3v) is 4.73.